The van der Waals surface area contributed by atoms with Crippen molar-refractivity contribution in [3.63, 3.8) is 0 Å². The Bertz CT molecular complexity index is 175. The maximum Gasteiger partial charge on any atom is 0.138 e. The van der Waals surface area contributed by atoms with Crippen molar-refractivity contribution >= 4 is 5.71 Å². The first-order valence-electron chi connectivity index (χ1n) is 3.22. The zero-order chi connectivity index (χ0) is 8.85. The molecule has 0 aliphatic rings. The Morgan fingerprint density at radius 2 is 2.09 bits per heavy atom. The van der Waals surface area contributed by atoms with E-state index in [1.54, 1.807) is 13.1 Å². The number of nitrogens with one attached hydrogen (secondary N) is 2. The van der Waals surface area contributed by atoms with E-state index in [9.17, 15) is 0 Å². The Morgan fingerprint density at radius 3 is 2.36 bits per heavy atom. The molecule has 0 unspecified atom stereocenters. The number of quaternary nitrogens is 1. The Kier molecular flexibility index (Phi) is 4.24. The molecule has 11 heavy (non-hydrogen) atoms. The van der Waals surface area contributed by atoms with Crippen molar-refractivity contribution in [3.05, 3.63) is 11.9 Å². The average Bonchev–Trinajstić information content (AvgIpc) is 1.98. The lowest BCUT2D eigenvalue weighted by Crippen LogP contribution is -3.00. The van der Waals surface area contributed by atoms with E-state index in [1.807, 2.05) is 19.6 Å². The minimum absolute atomic E-state index is 0.341. The summed E-state index contributed by atoms with van der Waals surface area (Å²) in [7, 11) is 3.75. The summed E-state index contributed by atoms with van der Waals surface area (Å²) in [5.74, 6) is 0. The molecule has 0 aromatic heterocycles. The highest BCUT2D eigenvalue weighted by molar-refractivity contribution is 5.96. The largest absolute Gasteiger partial charge is 0.411 e. The van der Waals surface area contributed by atoms with Crippen LogP contribution in [-0.2, 0) is 0 Å². The summed E-state index contributed by atoms with van der Waals surface area (Å²) >= 11 is 0. The number of oxime groups is 1. The molecule has 0 aromatic rings. The van der Waals surface area contributed by atoms with Crippen molar-refractivity contribution in [3.8, 4) is 0 Å². The van der Waals surface area contributed by atoms with Crippen LogP contribution >= 0.6 is 0 Å². The summed E-state index contributed by atoms with van der Waals surface area (Å²) in [5.41, 5.74) is 2.67. The van der Waals surface area contributed by atoms with Gasteiger partial charge in [0.2, 0.25) is 0 Å². The van der Waals surface area contributed by atoms with Gasteiger partial charge < -0.3 is 10.1 Å². The highest BCUT2D eigenvalue weighted by atomic mass is 16.5. The van der Waals surface area contributed by atoms with Gasteiger partial charge in [-0.2, -0.15) is 0 Å². The fourth-order valence-electron chi connectivity index (χ4n) is 0.560. The summed E-state index contributed by atoms with van der Waals surface area (Å²) in [6.07, 6.45) is 1.68. The van der Waals surface area contributed by atoms with E-state index < -0.39 is 0 Å². The molecule has 0 rings (SSSR count). The molecule has 0 fully saturated rings. The molecule has 0 saturated heterocycles. The van der Waals surface area contributed by atoms with E-state index in [4.69, 9.17) is 10.4 Å². The first-order valence-corrected chi connectivity index (χ1v) is 3.22. The van der Waals surface area contributed by atoms with Crippen molar-refractivity contribution in [1.82, 2.24) is 5.48 Å². The number of nitrogens with zero attached hydrogens (tertiary/aromatic N) is 1. The Hall–Kier alpha value is -1.07. The lowest BCUT2D eigenvalue weighted by Gasteiger charge is -2.04. The predicted octanol–water partition coefficient (Wildman–Crippen LogP) is -1.20. The SMILES string of the molecule is CC(=N\O)/C(=C\[NH+](C)C)NO. The summed E-state index contributed by atoms with van der Waals surface area (Å²) in [5, 5.41) is 19.8. The molecule has 0 bridgehead atoms. The van der Waals surface area contributed by atoms with Gasteiger partial charge >= 0.3 is 0 Å². The Morgan fingerprint density at radius 1 is 1.55 bits per heavy atom. The molecule has 0 spiro atoms. The maximum absolute atomic E-state index is 8.55. The number of allylic oxidation sites excluding steroid dienone is 1. The molecule has 0 aliphatic carbocycles. The zero-order valence-corrected chi connectivity index (χ0v) is 6.92. The van der Waals surface area contributed by atoms with Gasteiger partial charge in [0.1, 0.15) is 17.6 Å². The van der Waals surface area contributed by atoms with Crippen molar-refractivity contribution in [1.29, 1.82) is 0 Å². The number of rotatable bonds is 3. The second-order valence-corrected chi connectivity index (χ2v) is 2.43. The van der Waals surface area contributed by atoms with E-state index in [0.29, 0.717) is 11.4 Å². The van der Waals surface area contributed by atoms with E-state index >= 15 is 0 Å². The average molecular weight is 160 g/mol. The standard InChI is InChI=1S/C6H13N3O2/c1-5(7-10)6(8-11)4-9(2)3/h4,8,10-11H,1-3H3/p+1/b6-4+,7-5+. The van der Waals surface area contributed by atoms with E-state index in [1.165, 1.54) is 0 Å². The normalized spacial score (nSPS) is 13.9. The van der Waals surface area contributed by atoms with Crippen LogP contribution in [0.2, 0.25) is 0 Å². The number of hydrogen-bond acceptors (Lipinski definition) is 4. The molecule has 0 saturated carbocycles. The molecular weight excluding hydrogens is 146 g/mol. The van der Waals surface area contributed by atoms with Crippen molar-refractivity contribution in [2.45, 2.75) is 6.92 Å². The second kappa shape index (κ2) is 4.70. The van der Waals surface area contributed by atoms with Gasteiger partial charge in [0.25, 0.3) is 0 Å². The molecule has 5 heteroatoms. The molecule has 0 amide bonds. The van der Waals surface area contributed by atoms with E-state index in [0.717, 1.165) is 4.90 Å². The Balaban J connectivity index is 4.40. The van der Waals surface area contributed by atoms with Crippen LogP contribution in [0.25, 0.3) is 0 Å². The summed E-state index contributed by atoms with van der Waals surface area (Å²) < 4.78 is 0. The van der Waals surface area contributed by atoms with Gasteiger partial charge in [-0.25, -0.2) is 0 Å². The van der Waals surface area contributed by atoms with Crippen LogP contribution < -0.4 is 10.4 Å². The van der Waals surface area contributed by atoms with E-state index in [-0.39, 0.29) is 0 Å². The van der Waals surface area contributed by atoms with Crippen LogP contribution in [-0.4, -0.2) is 30.2 Å². The van der Waals surface area contributed by atoms with Crippen LogP contribution in [0, 0.1) is 0 Å². The molecule has 0 atom stereocenters. The van der Waals surface area contributed by atoms with Gasteiger partial charge in [-0.05, 0) is 6.92 Å². The smallest absolute Gasteiger partial charge is 0.138 e. The maximum atomic E-state index is 8.55. The van der Waals surface area contributed by atoms with Crippen LogP contribution in [0.5, 0.6) is 0 Å². The Labute approximate surface area is 65.6 Å². The van der Waals surface area contributed by atoms with Crippen molar-refractivity contribution in [2.24, 2.45) is 5.16 Å². The lowest BCUT2D eigenvalue weighted by molar-refractivity contribution is -0.801. The van der Waals surface area contributed by atoms with Crippen LogP contribution in [0.3, 0.4) is 0 Å². The molecular formula is C6H14N3O2+. The molecule has 0 aliphatic heterocycles. The quantitative estimate of drug-likeness (QED) is 0.238. The topological polar surface area (TPSA) is 69.3 Å². The third-order valence-corrected chi connectivity index (χ3v) is 1.09. The zero-order valence-electron chi connectivity index (χ0n) is 6.92. The van der Waals surface area contributed by atoms with Gasteiger partial charge in [-0.1, -0.05) is 5.16 Å². The molecule has 0 aromatic carbocycles. The first kappa shape index (κ1) is 9.93. The second-order valence-electron chi connectivity index (χ2n) is 2.43. The predicted molar refractivity (Wildman–Crippen MR) is 40.7 cm³/mol. The highest BCUT2D eigenvalue weighted by Gasteiger charge is 2.02. The highest BCUT2D eigenvalue weighted by Crippen LogP contribution is 1.87. The third-order valence-electron chi connectivity index (χ3n) is 1.09. The molecule has 4 N–H and O–H groups in total. The fourth-order valence-corrected chi connectivity index (χ4v) is 0.560. The summed E-state index contributed by atoms with van der Waals surface area (Å²) in [4.78, 5) is 1.00. The van der Waals surface area contributed by atoms with E-state index in [2.05, 4.69) is 5.16 Å². The fraction of sp³-hybridized carbons (Fsp3) is 0.500. The van der Waals surface area contributed by atoms with Crippen LogP contribution in [0.15, 0.2) is 17.1 Å². The minimum atomic E-state index is 0.341. The van der Waals surface area contributed by atoms with Gasteiger partial charge in [0, 0.05) is 0 Å². The molecule has 5 nitrogen and oxygen atoms in total. The van der Waals surface area contributed by atoms with Crippen molar-refractivity contribution < 1.29 is 15.3 Å². The monoisotopic (exact) mass is 160 g/mol. The number of hydroxylamine groups is 1. The van der Waals surface area contributed by atoms with Gasteiger partial charge in [-0.15, -0.1) is 0 Å². The van der Waals surface area contributed by atoms with Crippen molar-refractivity contribution in [2.75, 3.05) is 14.1 Å². The lowest BCUT2D eigenvalue weighted by atomic mass is 10.3. The minimum Gasteiger partial charge on any atom is -0.411 e. The first-order chi connectivity index (χ1) is 5.11. The number of hydrogen-bond donors (Lipinski definition) is 4. The summed E-state index contributed by atoms with van der Waals surface area (Å²) in [6.45, 7) is 1.58. The van der Waals surface area contributed by atoms with Gasteiger partial charge in [0.15, 0.2) is 0 Å². The molecule has 0 radical (unpaired) electrons. The van der Waals surface area contributed by atoms with Crippen LogP contribution in [0.4, 0.5) is 0 Å². The van der Waals surface area contributed by atoms with Gasteiger partial charge in [0.05, 0.1) is 14.1 Å². The third kappa shape index (κ3) is 3.59. The van der Waals surface area contributed by atoms with Crippen LogP contribution in [0.1, 0.15) is 6.92 Å². The molecule has 0 heterocycles. The summed E-state index contributed by atoms with van der Waals surface area (Å²) in [6, 6.07) is 0. The molecule has 64 valence electrons. The van der Waals surface area contributed by atoms with Gasteiger partial charge in [-0.3, -0.25) is 10.7 Å².